The van der Waals surface area contributed by atoms with Crippen LogP contribution in [0, 0.1) is 0 Å². The van der Waals surface area contributed by atoms with Crippen LogP contribution in [0.4, 0.5) is 0 Å². The maximum atomic E-state index is 13.4. The third-order valence-electron chi connectivity index (χ3n) is 6.88. The number of thioether (sulfide) groups is 1. The van der Waals surface area contributed by atoms with Crippen LogP contribution >= 0.6 is 23.4 Å². The highest BCUT2D eigenvalue weighted by Crippen LogP contribution is 2.35. The van der Waals surface area contributed by atoms with Crippen LogP contribution in [0.2, 0.25) is 5.02 Å². The molecule has 1 aromatic heterocycles. The third kappa shape index (κ3) is 5.81. The van der Waals surface area contributed by atoms with Crippen LogP contribution in [0.1, 0.15) is 35.2 Å². The highest BCUT2D eigenvalue weighted by atomic mass is 35.5. The second-order valence-electron chi connectivity index (χ2n) is 9.24. The van der Waals surface area contributed by atoms with Crippen molar-refractivity contribution in [2.24, 2.45) is 0 Å². The van der Waals surface area contributed by atoms with E-state index >= 15 is 0 Å². The van der Waals surface area contributed by atoms with Gasteiger partial charge in [-0.2, -0.15) is 4.98 Å². The number of hydrogen-bond acceptors (Lipinski definition) is 7. The Morgan fingerprint density at radius 2 is 1.85 bits per heavy atom. The molecule has 1 N–H and O–H groups in total. The molecule has 3 aromatic rings. The number of carbonyl (C=O) groups excluding carboxylic acids is 2. The van der Waals surface area contributed by atoms with E-state index in [1.54, 1.807) is 39.8 Å². The number of hydrogen-bond donors (Lipinski definition) is 1. The monoisotopic (exact) mass is 586 g/mol. The zero-order chi connectivity index (χ0) is 27.5. The quantitative estimate of drug-likeness (QED) is 0.318. The van der Waals surface area contributed by atoms with Crippen molar-refractivity contribution in [3.8, 4) is 5.75 Å². The standard InChI is InChI=1S/C27H27ClN4O5S2/c28-19-9-4-5-11-21(19)38-17-22(33)31-12-6-10-20(31)25-29-26(35)24(34)23-27(36)30(13-14-32(23)25)15-16-39(37)18-7-2-1-3-8-18/h1-5,7-9,11,20,34H,6,10,12-17H2/t20-,39?/m1/s1. The molecule has 0 bridgehead atoms. The van der Waals surface area contributed by atoms with Crippen LogP contribution in [0.5, 0.6) is 5.75 Å². The molecule has 2 aromatic carbocycles. The maximum absolute atomic E-state index is 13.4. The van der Waals surface area contributed by atoms with Crippen molar-refractivity contribution in [2.45, 2.75) is 35.2 Å². The highest BCUT2D eigenvalue weighted by molar-refractivity contribution is 8.00. The lowest BCUT2D eigenvalue weighted by molar-refractivity contribution is -0.129. The van der Waals surface area contributed by atoms with E-state index in [0.29, 0.717) is 41.8 Å². The van der Waals surface area contributed by atoms with Crippen molar-refractivity contribution in [3.05, 3.63) is 81.5 Å². The molecule has 9 nitrogen and oxygen atoms in total. The van der Waals surface area contributed by atoms with E-state index < -0.39 is 34.4 Å². The van der Waals surface area contributed by atoms with Crippen molar-refractivity contribution >= 4 is 46.4 Å². The predicted molar refractivity (Wildman–Crippen MR) is 150 cm³/mol. The van der Waals surface area contributed by atoms with Gasteiger partial charge in [-0.1, -0.05) is 41.9 Å². The number of rotatable bonds is 8. The topological polar surface area (TPSA) is 119 Å². The number of nitrogens with zero attached hydrogens (tertiary/aromatic N) is 4. The molecule has 0 radical (unpaired) electrons. The van der Waals surface area contributed by atoms with E-state index in [1.165, 1.54) is 16.7 Å². The molecular formula is C27H27ClN4O5S2. The summed E-state index contributed by atoms with van der Waals surface area (Å²) in [7, 11) is 0. The summed E-state index contributed by atoms with van der Waals surface area (Å²) in [6, 6.07) is 15.8. The number of carbonyl (C=O) groups is 2. The molecule has 5 rings (SSSR count). The molecule has 3 heterocycles. The van der Waals surface area contributed by atoms with E-state index in [-0.39, 0.29) is 29.7 Å². The smallest absolute Gasteiger partial charge is 0.315 e. The molecule has 0 aliphatic carbocycles. The summed E-state index contributed by atoms with van der Waals surface area (Å²) < 4.78 is 14.2. The molecule has 0 spiro atoms. The largest absolute Gasteiger partial charge is 0.611 e. The fourth-order valence-corrected chi connectivity index (χ4v) is 7.15. The van der Waals surface area contributed by atoms with Gasteiger partial charge in [-0.15, -0.1) is 11.8 Å². The molecule has 2 amide bonds. The van der Waals surface area contributed by atoms with Gasteiger partial charge in [0.1, 0.15) is 11.6 Å². The minimum atomic E-state index is -1.29. The Bertz CT molecular complexity index is 1440. The fraction of sp³-hybridized carbons (Fsp3) is 0.333. The Morgan fingerprint density at radius 3 is 2.62 bits per heavy atom. The van der Waals surface area contributed by atoms with Crippen molar-refractivity contribution < 1.29 is 19.2 Å². The molecule has 1 saturated heterocycles. The molecule has 39 heavy (non-hydrogen) atoms. The first-order chi connectivity index (χ1) is 18.8. The number of likely N-dealkylation sites (tertiary alicyclic amines) is 1. The zero-order valence-electron chi connectivity index (χ0n) is 21.0. The van der Waals surface area contributed by atoms with Gasteiger partial charge < -0.3 is 24.0 Å². The van der Waals surface area contributed by atoms with Crippen molar-refractivity contribution in [3.63, 3.8) is 0 Å². The summed E-state index contributed by atoms with van der Waals surface area (Å²) in [6.45, 7) is 1.31. The Kier molecular flexibility index (Phi) is 8.51. The van der Waals surface area contributed by atoms with Crippen LogP contribution in [-0.2, 0) is 22.5 Å². The van der Waals surface area contributed by atoms with Crippen molar-refractivity contribution in [1.82, 2.24) is 19.4 Å². The normalized spacial score (nSPS) is 17.8. The first-order valence-electron chi connectivity index (χ1n) is 12.6. The van der Waals surface area contributed by atoms with Gasteiger partial charge in [0.25, 0.3) is 5.91 Å². The van der Waals surface area contributed by atoms with Crippen LogP contribution < -0.4 is 5.56 Å². The lowest BCUT2D eigenvalue weighted by atomic mass is 10.1. The highest BCUT2D eigenvalue weighted by Gasteiger charge is 2.38. The second-order valence-corrected chi connectivity index (χ2v) is 12.2. The van der Waals surface area contributed by atoms with Gasteiger partial charge >= 0.3 is 5.56 Å². The van der Waals surface area contributed by atoms with Gasteiger partial charge in [-0.3, -0.25) is 14.4 Å². The van der Waals surface area contributed by atoms with Gasteiger partial charge in [-0.05, 0) is 48.3 Å². The van der Waals surface area contributed by atoms with Gasteiger partial charge in [-0.25, -0.2) is 0 Å². The Labute approximate surface area is 238 Å². The maximum Gasteiger partial charge on any atom is 0.315 e. The molecule has 1 unspecified atom stereocenters. The second kappa shape index (κ2) is 12.0. The Balaban J connectivity index is 1.34. The molecular weight excluding hydrogens is 560 g/mol. The van der Waals surface area contributed by atoms with Gasteiger partial charge in [0.05, 0.1) is 23.4 Å². The molecule has 2 aliphatic rings. The average Bonchev–Trinajstić information content (AvgIpc) is 3.44. The zero-order valence-corrected chi connectivity index (χ0v) is 23.4. The fourth-order valence-electron chi connectivity index (χ4n) is 4.94. The summed E-state index contributed by atoms with van der Waals surface area (Å²) in [4.78, 5) is 48.1. The van der Waals surface area contributed by atoms with E-state index in [9.17, 15) is 24.0 Å². The molecule has 12 heteroatoms. The van der Waals surface area contributed by atoms with E-state index in [1.807, 2.05) is 24.3 Å². The average molecular weight is 587 g/mol. The number of benzene rings is 2. The van der Waals surface area contributed by atoms with E-state index in [2.05, 4.69) is 4.98 Å². The van der Waals surface area contributed by atoms with E-state index in [0.717, 1.165) is 11.3 Å². The Morgan fingerprint density at radius 1 is 1.10 bits per heavy atom. The van der Waals surface area contributed by atoms with Crippen LogP contribution in [-0.4, -0.2) is 72.0 Å². The van der Waals surface area contributed by atoms with Gasteiger partial charge in [0, 0.05) is 24.5 Å². The Hall–Kier alpha value is -2.99. The third-order valence-corrected chi connectivity index (χ3v) is 9.74. The summed E-state index contributed by atoms with van der Waals surface area (Å²) >= 11 is 6.28. The number of fused-ring (bicyclic) bond motifs is 1. The summed E-state index contributed by atoms with van der Waals surface area (Å²) in [5.41, 5.74) is -1.03. The summed E-state index contributed by atoms with van der Waals surface area (Å²) in [5, 5.41) is 11.1. The number of halogens is 1. The molecule has 1 fully saturated rings. The van der Waals surface area contributed by atoms with Gasteiger partial charge in [0.2, 0.25) is 11.7 Å². The van der Waals surface area contributed by atoms with E-state index in [4.69, 9.17) is 11.6 Å². The van der Waals surface area contributed by atoms with Gasteiger partial charge in [0.15, 0.2) is 10.6 Å². The van der Waals surface area contributed by atoms with Crippen molar-refractivity contribution in [1.29, 1.82) is 0 Å². The minimum Gasteiger partial charge on any atom is -0.611 e. The van der Waals surface area contributed by atoms with Crippen LogP contribution in [0.15, 0.2) is 69.2 Å². The van der Waals surface area contributed by atoms with Crippen molar-refractivity contribution in [2.75, 3.05) is 31.1 Å². The lowest BCUT2D eigenvalue weighted by Gasteiger charge is -2.33. The number of amides is 2. The lowest BCUT2D eigenvalue weighted by Crippen LogP contribution is -2.46. The summed E-state index contributed by atoms with van der Waals surface area (Å²) in [5.74, 6) is -0.640. The first kappa shape index (κ1) is 27.6. The van der Waals surface area contributed by atoms with Crippen LogP contribution in [0.3, 0.4) is 0 Å². The minimum absolute atomic E-state index is 0.119. The molecule has 0 saturated carbocycles. The predicted octanol–water partition coefficient (Wildman–Crippen LogP) is 3.32. The molecule has 2 aliphatic heterocycles. The SMILES string of the molecule is O=C1c2c(O)c(=O)nc([C@H]3CCCN3C(=O)CSc3ccccc3Cl)n2CCN1CC[S+]([O-])c1ccccc1. The number of aromatic hydroxyl groups is 1. The van der Waals surface area contributed by atoms with Crippen LogP contribution in [0.25, 0.3) is 0 Å². The number of aromatic nitrogens is 2. The molecule has 204 valence electrons. The first-order valence-corrected chi connectivity index (χ1v) is 15.3. The summed E-state index contributed by atoms with van der Waals surface area (Å²) in [6.07, 6.45) is 1.32. The molecule has 2 atom stereocenters.